The maximum atomic E-state index is 13.2. The predicted octanol–water partition coefficient (Wildman–Crippen LogP) is 4.80. The third kappa shape index (κ3) is 5.94. The van der Waals surface area contributed by atoms with Crippen LogP contribution in [-0.4, -0.2) is 76.9 Å². The first-order valence-electron chi connectivity index (χ1n) is 18.9. The fourth-order valence-electron chi connectivity index (χ4n) is 8.25. The SMILES string of the molecule is CCc1nc(-c2cccc3cc(-c4ccc5c(NCC#Cc6cccc7c6CN(C6CCC(=O)NC6=O)C7=O)nn(C)c5c4)ncc23)c2n1CCN(C(C)=O)C2. The Balaban J connectivity index is 0.936. The van der Waals surface area contributed by atoms with Crippen molar-refractivity contribution < 1.29 is 19.2 Å². The number of amides is 4. The number of carbonyl (C=O) groups excluding carboxylic acids is 4. The van der Waals surface area contributed by atoms with Gasteiger partial charge in [-0.3, -0.25) is 34.2 Å². The molecule has 1 atom stereocenters. The van der Waals surface area contributed by atoms with E-state index in [1.807, 2.05) is 41.0 Å². The van der Waals surface area contributed by atoms with E-state index in [0.717, 1.165) is 79.8 Å². The molecule has 1 saturated heterocycles. The number of benzene rings is 3. The molecule has 3 aromatic carbocycles. The van der Waals surface area contributed by atoms with Crippen LogP contribution in [0.1, 0.15) is 59.7 Å². The number of piperidine rings is 1. The summed E-state index contributed by atoms with van der Waals surface area (Å²) in [7, 11) is 1.91. The smallest absolute Gasteiger partial charge is 0.255 e. The highest BCUT2D eigenvalue weighted by molar-refractivity contribution is 6.06. The number of carbonyl (C=O) groups is 4. The third-order valence-corrected chi connectivity index (χ3v) is 11.2. The molecule has 13 heteroatoms. The van der Waals surface area contributed by atoms with Crippen LogP contribution in [0.2, 0.25) is 0 Å². The molecule has 280 valence electrons. The monoisotopic (exact) mass is 745 g/mol. The number of imidazole rings is 1. The van der Waals surface area contributed by atoms with E-state index in [4.69, 9.17) is 15.1 Å². The van der Waals surface area contributed by atoms with Gasteiger partial charge in [-0.15, -0.1) is 0 Å². The van der Waals surface area contributed by atoms with Gasteiger partial charge in [-0.1, -0.05) is 49.1 Å². The van der Waals surface area contributed by atoms with Gasteiger partial charge >= 0.3 is 0 Å². The average Bonchev–Trinajstić information content (AvgIpc) is 3.86. The van der Waals surface area contributed by atoms with Gasteiger partial charge in [0.2, 0.25) is 17.7 Å². The van der Waals surface area contributed by atoms with Gasteiger partial charge in [0.1, 0.15) is 11.9 Å². The van der Waals surface area contributed by atoms with E-state index in [9.17, 15) is 19.2 Å². The zero-order chi connectivity index (χ0) is 38.7. The number of aryl methyl sites for hydroxylation is 2. The summed E-state index contributed by atoms with van der Waals surface area (Å²) in [6, 6.07) is 19.3. The van der Waals surface area contributed by atoms with E-state index in [-0.39, 0.29) is 30.7 Å². The minimum Gasteiger partial charge on any atom is -0.357 e. The molecule has 0 radical (unpaired) electrons. The highest BCUT2D eigenvalue weighted by Crippen LogP contribution is 2.36. The van der Waals surface area contributed by atoms with Crippen LogP contribution in [0, 0.1) is 11.8 Å². The van der Waals surface area contributed by atoms with Gasteiger partial charge in [0.25, 0.3) is 5.91 Å². The van der Waals surface area contributed by atoms with Gasteiger partial charge in [0, 0.05) is 85.7 Å². The standard InChI is InChI=1S/C43H39N9O4/c1-4-38-46-40(37-24-50(25(2)53)18-19-51(37)38)29-11-6-9-27-20-34(45-22-32(27)29)28-13-14-31-36(21-28)49(3)48-41(31)44-17-7-10-26-8-5-12-30-33(26)23-52(43(30)56)35-15-16-39(54)47-42(35)55/h5-6,8-9,11-14,20-22,35H,4,15-19,23-24H2,1-3H3,(H,44,48)(H,47,54,55). The van der Waals surface area contributed by atoms with Crippen LogP contribution in [-0.2, 0) is 47.5 Å². The number of pyridine rings is 1. The van der Waals surface area contributed by atoms with E-state index >= 15 is 0 Å². The van der Waals surface area contributed by atoms with Crippen LogP contribution >= 0.6 is 0 Å². The van der Waals surface area contributed by atoms with Gasteiger partial charge < -0.3 is 19.7 Å². The Hall–Kier alpha value is -6.81. The van der Waals surface area contributed by atoms with Crippen LogP contribution in [0.5, 0.6) is 0 Å². The van der Waals surface area contributed by atoms with Gasteiger partial charge in [0.15, 0.2) is 5.82 Å². The predicted molar refractivity (Wildman–Crippen MR) is 211 cm³/mol. The molecule has 6 aromatic rings. The van der Waals surface area contributed by atoms with Crippen LogP contribution in [0.15, 0.2) is 66.9 Å². The molecule has 3 aliphatic heterocycles. The van der Waals surface area contributed by atoms with Crippen molar-refractivity contribution >= 4 is 51.1 Å². The molecular formula is C43H39N9O4. The fourth-order valence-corrected chi connectivity index (χ4v) is 8.25. The molecule has 2 N–H and O–H groups in total. The summed E-state index contributed by atoms with van der Waals surface area (Å²) in [6.07, 6.45) is 3.26. The van der Waals surface area contributed by atoms with Gasteiger partial charge in [-0.25, -0.2) is 4.98 Å². The number of hydrogen-bond donors (Lipinski definition) is 2. The molecule has 0 bridgehead atoms. The summed E-state index contributed by atoms with van der Waals surface area (Å²) in [5, 5.41) is 13.4. The van der Waals surface area contributed by atoms with Crippen molar-refractivity contribution in [2.45, 2.75) is 58.8 Å². The Morgan fingerprint density at radius 1 is 1.00 bits per heavy atom. The van der Waals surface area contributed by atoms with Crippen molar-refractivity contribution in [2.75, 3.05) is 18.4 Å². The highest BCUT2D eigenvalue weighted by Gasteiger charge is 2.39. The van der Waals surface area contributed by atoms with Gasteiger partial charge in [-0.2, -0.15) is 5.10 Å². The van der Waals surface area contributed by atoms with E-state index in [1.165, 1.54) is 4.90 Å². The Morgan fingerprint density at radius 2 is 1.84 bits per heavy atom. The lowest BCUT2D eigenvalue weighted by Gasteiger charge is -2.29. The minimum atomic E-state index is -0.674. The molecule has 3 aromatic heterocycles. The Labute approximate surface area is 322 Å². The Morgan fingerprint density at radius 3 is 2.66 bits per heavy atom. The van der Waals surface area contributed by atoms with Crippen molar-refractivity contribution in [2.24, 2.45) is 7.05 Å². The first kappa shape index (κ1) is 34.9. The molecule has 56 heavy (non-hydrogen) atoms. The number of rotatable bonds is 6. The third-order valence-electron chi connectivity index (χ3n) is 11.2. The van der Waals surface area contributed by atoms with Crippen molar-refractivity contribution in [3.63, 3.8) is 0 Å². The number of aromatic nitrogens is 5. The molecule has 0 aliphatic carbocycles. The lowest BCUT2D eigenvalue weighted by molar-refractivity contribution is -0.137. The number of fused-ring (bicyclic) bond motifs is 4. The molecule has 0 spiro atoms. The second-order valence-electron chi connectivity index (χ2n) is 14.5. The van der Waals surface area contributed by atoms with Crippen LogP contribution in [0.4, 0.5) is 5.82 Å². The molecule has 1 fully saturated rings. The van der Waals surface area contributed by atoms with Crippen LogP contribution < -0.4 is 10.6 Å². The summed E-state index contributed by atoms with van der Waals surface area (Å²) in [6.45, 7) is 6.30. The zero-order valence-corrected chi connectivity index (χ0v) is 31.3. The molecule has 9 rings (SSSR count). The number of hydrogen-bond acceptors (Lipinski definition) is 8. The molecule has 4 amide bonds. The summed E-state index contributed by atoms with van der Waals surface area (Å²) < 4.78 is 4.11. The molecule has 13 nitrogen and oxygen atoms in total. The molecule has 1 unspecified atom stereocenters. The number of anilines is 1. The summed E-state index contributed by atoms with van der Waals surface area (Å²) >= 11 is 0. The van der Waals surface area contributed by atoms with Crippen molar-refractivity contribution in [3.05, 3.63) is 95.1 Å². The topological polar surface area (TPSA) is 147 Å². The zero-order valence-electron chi connectivity index (χ0n) is 31.3. The maximum absolute atomic E-state index is 13.2. The van der Waals surface area contributed by atoms with E-state index in [2.05, 4.69) is 64.3 Å². The second-order valence-corrected chi connectivity index (χ2v) is 14.5. The number of imide groups is 1. The largest absolute Gasteiger partial charge is 0.357 e. The highest BCUT2D eigenvalue weighted by atomic mass is 16.2. The number of nitrogens with zero attached hydrogens (tertiary/aromatic N) is 7. The lowest BCUT2D eigenvalue weighted by Crippen LogP contribution is -2.52. The van der Waals surface area contributed by atoms with Gasteiger partial charge in [0.05, 0.1) is 35.7 Å². The summed E-state index contributed by atoms with van der Waals surface area (Å²) in [4.78, 5) is 63.0. The van der Waals surface area contributed by atoms with E-state index in [0.29, 0.717) is 37.4 Å². The normalized spacial score (nSPS) is 16.5. The van der Waals surface area contributed by atoms with E-state index in [1.54, 1.807) is 19.1 Å². The summed E-state index contributed by atoms with van der Waals surface area (Å²) in [5.41, 5.74) is 7.78. The maximum Gasteiger partial charge on any atom is 0.255 e. The van der Waals surface area contributed by atoms with Crippen molar-refractivity contribution in [1.82, 2.24) is 39.4 Å². The lowest BCUT2D eigenvalue weighted by atomic mass is 10.00. The summed E-state index contributed by atoms with van der Waals surface area (Å²) in [5.74, 6) is 7.22. The molecule has 6 heterocycles. The van der Waals surface area contributed by atoms with Gasteiger partial charge in [-0.05, 0) is 47.7 Å². The van der Waals surface area contributed by atoms with Crippen molar-refractivity contribution in [3.8, 4) is 34.4 Å². The van der Waals surface area contributed by atoms with Crippen LogP contribution in [0.25, 0.3) is 44.2 Å². The molecular weight excluding hydrogens is 707 g/mol. The Kier molecular flexibility index (Phi) is 8.61. The average molecular weight is 746 g/mol. The Bertz CT molecular complexity index is 2720. The molecule has 0 saturated carbocycles. The fraction of sp³-hybridized carbons (Fsp3) is 0.279. The quantitative estimate of drug-likeness (QED) is 0.183. The first-order valence-corrected chi connectivity index (χ1v) is 18.9. The first-order chi connectivity index (χ1) is 27.2. The molecule has 3 aliphatic rings. The minimum absolute atomic E-state index is 0.0703. The van der Waals surface area contributed by atoms with Crippen LogP contribution in [0.3, 0.4) is 0 Å². The second kappa shape index (κ2) is 13.8. The van der Waals surface area contributed by atoms with E-state index < -0.39 is 11.9 Å². The van der Waals surface area contributed by atoms with Crippen molar-refractivity contribution in [1.29, 1.82) is 0 Å². The number of nitrogens with one attached hydrogen (secondary N) is 2.